The van der Waals surface area contributed by atoms with Crippen molar-refractivity contribution < 1.29 is 0 Å². The minimum atomic E-state index is 0.175. The fourth-order valence-electron chi connectivity index (χ4n) is 2.29. The molecule has 0 radical (unpaired) electrons. The second kappa shape index (κ2) is 3.65. The molecule has 1 aromatic rings. The number of halogens is 1. The Morgan fingerprint density at radius 1 is 1.43 bits per heavy atom. The van der Waals surface area contributed by atoms with Crippen molar-refractivity contribution in [1.82, 2.24) is 4.90 Å². The lowest BCUT2D eigenvalue weighted by atomic mass is 9.74. The molecule has 0 amide bonds. The summed E-state index contributed by atoms with van der Waals surface area (Å²) in [5.41, 5.74) is 7.41. The summed E-state index contributed by atoms with van der Waals surface area (Å²) in [7, 11) is 2.13. The first-order valence-electron chi connectivity index (χ1n) is 4.81. The highest BCUT2D eigenvalue weighted by atomic mass is 79.9. The van der Waals surface area contributed by atoms with Crippen molar-refractivity contribution in [1.29, 1.82) is 0 Å². The van der Waals surface area contributed by atoms with E-state index in [2.05, 4.69) is 46.1 Å². The molecule has 76 valence electrons. The third-order valence-electron chi connectivity index (χ3n) is 2.98. The Bertz CT molecular complexity index is 332. The van der Waals surface area contributed by atoms with Crippen molar-refractivity contribution in [2.75, 3.05) is 26.7 Å². The molecule has 0 atom stereocenters. The van der Waals surface area contributed by atoms with E-state index >= 15 is 0 Å². The summed E-state index contributed by atoms with van der Waals surface area (Å²) in [4.78, 5) is 2.30. The first-order chi connectivity index (χ1) is 6.68. The number of hydrogen-bond acceptors (Lipinski definition) is 2. The van der Waals surface area contributed by atoms with Gasteiger partial charge in [0, 0.05) is 29.5 Å². The van der Waals surface area contributed by atoms with Gasteiger partial charge in [0.25, 0.3) is 0 Å². The van der Waals surface area contributed by atoms with Gasteiger partial charge in [0.2, 0.25) is 0 Å². The first kappa shape index (κ1) is 10.1. The Morgan fingerprint density at radius 2 is 2.07 bits per heavy atom. The summed E-state index contributed by atoms with van der Waals surface area (Å²) in [5, 5.41) is 0. The standard InChI is InChI=1S/C11H15BrN2/c1-14-7-11(6-13,8-14)9-4-2-3-5-10(9)12/h2-5H,6-8,13H2,1H3. The van der Waals surface area contributed by atoms with Crippen molar-refractivity contribution in [2.45, 2.75) is 5.41 Å². The molecule has 0 unspecified atom stereocenters. The van der Waals surface area contributed by atoms with Gasteiger partial charge in [-0.3, -0.25) is 0 Å². The zero-order valence-electron chi connectivity index (χ0n) is 8.33. The van der Waals surface area contributed by atoms with Crippen molar-refractivity contribution in [3.63, 3.8) is 0 Å². The molecule has 3 heteroatoms. The van der Waals surface area contributed by atoms with Crippen LogP contribution in [0.2, 0.25) is 0 Å². The number of nitrogens with two attached hydrogens (primary N) is 1. The Morgan fingerprint density at radius 3 is 2.57 bits per heavy atom. The van der Waals surface area contributed by atoms with E-state index in [1.807, 2.05) is 6.07 Å². The largest absolute Gasteiger partial charge is 0.329 e. The molecule has 0 bridgehead atoms. The van der Waals surface area contributed by atoms with Crippen LogP contribution < -0.4 is 5.73 Å². The van der Waals surface area contributed by atoms with Crippen LogP contribution in [-0.2, 0) is 5.41 Å². The van der Waals surface area contributed by atoms with E-state index in [1.165, 1.54) is 10.0 Å². The maximum atomic E-state index is 5.88. The van der Waals surface area contributed by atoms with Gasteiger partial charge in [-0.1, -0.05) is 34.1 Å². The van der Waals surface area contributed by atoms with Crippen LogP contribution in [0.15, 0.2) is 28.7 Å². The average Bonchev–Trinajstić information content (AvgIpc) is 2.14. The lowest BCUT2D eigenvalue weighted by Crippen LogP contribution is -2.61. The smallest absolute Gasteiger partial charge is 0.0340 e. The lowest BCUT2D eigenvalue weighted by Gasteiger charge is -2.48. The van der Waals surface area contributed by atoms with E-state index in [-0.39, 0.29) is 5.41 Å². The monoisotopic (exact) mass is 254 g/mol. The predicted molar refractivity (Wildman–Crippen MR) is 62.4 cm³/mol. The Labute approximate surface area is 93.2 Å². The van der Waals surface area contributed by atoms with Crippen LogP contribution in [0.4, 0.5) is 0 Å². The molecule has 2 nitrogen and oxygen atoms in total. The lowest BCUT2D eigenvalue weighted by molar-refractivity contribution is 0.0995. The molecule has 14 heavy (non-hydrogen) atoms. The topological polar surface area (TPSA) is 29.3 Å². The van der Waals surface area contributed by atoms with Crippen LogP contribution >= 0.6 is 15.9 Å². The molecule has 1 saturated heterocycles. The summed E-state index contributed by atoms with van der Waals surface area (Å²) in [6.45, 7) is 2.85. The molecule has 0 spiro atoms. The molecule has 1 heterocycles. The summed E-state index contributed by atoms with van der Waals surface area (Å²) in [5.74, 6) is 0. The number of likely N-dealkylation sites (tertiary alicyclic amines) is 1. The van der Waals surface area contributed by atoms with Crippen molar-refractivity contribution in [2.24, 2.45) is 5.73 Å². The van der Waals surface area contributed by atoms with Crippen LogP contribution in [0.25, 0.3) is 0 Å². The highest BCUT2D eigenvalue weighted by Gasteiger charge is 2.42. The Balaban J connectivity index is 2.34. The van der Waals surface area contributed by atoms with Gasteiger partial charge in [0.1, 0.15) is 0 Å². The average molecular weight is 255 g/mol. The second-order valence-corrected chi connectivity index (χ2v) is 4.99. The summed E-state index contributed by atoms with van der Waals surface area (Å²) >= 11 is 3.59. The highest BCUT2D eigenvalue weighted by molar-refractivity contribution is 9.10. The molecule has 1 fully saturated rings. The molecule has 0 saturated carbocycles. The fraction of sp³-hybridized carbons (Fsp3) is 0.455. The van der Waals surface area contributed by atoms with E-state index in [0.29, 0.717) is 0 Å². The minimum absolute atomic E-state index is 0.175. The van der Waals surface area contributed by atoms with Crippen LogP contribution in [0, 0.1) is 0 Å². The highest BCUT2D eigenvalue weighted by Crippen LogP contribution is 2.36. The van der Waals surface area contributed by atoms with Gasteiger partial charge in [-0.05, 0) is 18.7 Å². The molecule has 1 aliphatic heterocycles. The quantitative estimate of drug-likeness (QED) is 0.869. The molecule has 1 aliphatic rings. The van der Waals surface area contributed by atoms with Gasteiger partial charge in [0.15, 0.2) is 0 Å². The van der Waals surface area contributed by atoms with E-state index in [4.69, 9.17) is 5.73 Å². The number of nitrogens with zero attached hydrogens (tertiary/aromatic N) is 1. The molecule has 0 aromatic heterocycles. The third-order valence-corrected chi connectivity index (χ3v) is 3.67. The molecule has 0 aliphatic carbocycles. The van der Waals surface area contributed by atoms with Crippen LogP contribution in [-0.4, -0.2) is 31.6 Å². The van der Waals surface area contributed by atoms with Gasteiger partial charge in [0.05, 0.1) is 0 Å². The second-order valence-electron chi connectivity index (χ2n) is 4.14. The summed E-state index contributed by atoms with van der Waals surface area (Å²) in [6.07, 6.45) is 0. The fourth-order valence-corrected chi connectivity index (χ4v) is 2.99. The number of benzene rings is 1. The molecular formula is C11H15BrN2. The molecule has 2 N–H and O–H groups in total. The maximum Gasteiger partial charge on any atom is 0.0340 e. The Kier molecular flexibility index (Phi) is 2.64. The van der Waals surface area contributed by atoms with Crippen LogP contribution in [0.3, 0.4) is 0 Å². The van der Waals surface area contributed by atoms with E-state index in [9.17, 15) is 0 Å². The number of hydrogen-bond donors (Lipinski definition) is 1. The zero-order valence-corrected chi connectivity index (χ0v) is 9.92. The Hall–Kier alpha value is -0.380. The van der Waals surface area contributed by atoms with Crippen LogP contribution in [0.1, 0.15) is 5.56 Å². The van der Waals surface area contributed by atoms with Gasteiger partial charge >= 0.3 is 0 Å². The minimum Gasteiger partial charge on any atom is -0.329 e. The normalized spacial score (nSPS) is 20.5. The van der Waals surface area contributed by atoms with E-state index in [0.717, 1.165) is 19.6 Å². The van der Waals surface area contributed by atoms with Crippen molar-refractivity contribution in [3.05, 3.63) is 34.3 Å². The summed E-state index contributed by atoms with van der Waals surface area (Å²) in [6, 6.07) is 8.38. The molecular weight excluding hydrogens is 240 g/mol. The van der Waals surface area contributed by atoms with Crippen molar-refractivity contribution in [3.8, 4) is 0 Å². The van der Waals surface area contributed by atoms with E-state index < -0.39 is 0 Å². The summed E-state index contributed by atoms with van der Waals surface area (Å²) < 4.78 is 1.18. The van der Waals surface area contributed by atoms with Gasteiger partial charge < -0.3 is 10.6 Å². The van der Waals surface area contributed by atoms with E-state index in [1.54, 1.807) is 0 Å². The first-order valence-corrected chi connectivity index (χ1v) is 5.61. The third kappa shape index (κ3) is 1.49. The van der Waals surface area contributed by atoms with Gasteiger partial charge in [-0.15, -0.1) is 0 Å². The molecule has 1 aromatic carbocycles. The molecule has 2 rings (SSSR count). The van der Waals surface area contributed by atoms with Gasteiger partial charge in [-0.25, -0.2) is 0 Å². The van der Waals surface area contributed by atoms with Crippen molar-refractivity contribution >= 4 is 15.9 Å². The van der Waals surface area contributed by atoms with Crippen LogP contribution in [0.5, 0.6) is 0 Å². The number of likely N-dealkylation sites (N-methyl/N-ethyl adjacent to an activating group) is 1. The zero-order chi connectivity index (χ0) is 10.2. The maximum absolute atomic E-state index is 5.88. The predicted octanol–water partition coefficient (Wildman–Crippen LogP) is 1.59. The SMILES string of the molecule is CN1CC(CN)(c2ccccc2Br)C1. The van der Waals surface area contributed by atoms with Gasteiger partial charge in [-0.2, -0.15) is 0 Å². The number of rotatable bonds is 2.